The summed E-state index contributed by atoms with van der Waals surface area (Å²) in [5, 5.41) is 2.85. The van der Waals surface area contributed by atoms with Crippen molar-refractivity contribution in [2.45, 2.75) is 6.10 Å². The molecule has 0 saturated carbocycles. The number of hydrogen-bond acceptors (Lipinski definition) is 3. The molecule has 17 heavy (non-hydrogen) atoms. The number of nitrogens with zero attached hydrogens (tertiary/aromatic N) is 1. The molecule has 5 nitrogen and oxygen atoms in total. The van der Waals surface area contributed by atoms with Gasteiger partial charge in [0.2, 0.25) is 0 Å². The average Bonchev–Trinajstić information content (AvgIpc) is 2.40. The van der Waals surface area contributed by atoms with Crippen molar-refractivity contribution in [3.8, 4) is 0 Å². The standard InChI is InChI=1S/C12H17N3O2/c13-8-11-9-15(6-7-17-11)12(16)14-10-4-2-1-3-5-10/h1-5,11H,6-9,13H2,(H,14,16). The normalized spacial score (nSPS) is 20.1. The zero-order valence-corrected chi connectivity index (χ0v) is 9.63. The molecule has 1 saturated heterocycles. The quantitative estimate of drug-likeness (QED) is 0.799. The van der Waals surface area contributed by atoms with Crippen LogP contribution in [0.25, 0.3) is 0 Å². The van der Waals surface area contributed by atoms with Crippen molar-refractivity contribution >= 4 is 11.7 Å². The van der Waals surface area contributed by atoms with E-state index < -0.39 is 0 Å². The molecule has 1 atom stereocenters. The molecule has 1 aliphatic heterocycles. The van der Waals surface area contributed by atoms with Gasteiger partial charge in [0, 0.05) is 25.3 Å². The molecule has 2 rings (SSSR count). The molecule has 0 spiro atoms. The van der Waals surface area contributed by atoms with Crippen LogP contribution >= 0.6 is 0 Å². The Morgan fingerprint density at radius 1 is 1.47 bits per heavy atom. The molecular formula is C12H17N3O2. The van der Waals surface area contributed by atoms with Gasteiger partial charge in [0.25, 0.3) is 0 Å². The second kappa shape index (κ2) is 5.65. The van der Waals surface area contributed by atoms with Crippen LogP contribution in [0, 0.1) is 0 Å². The lowest BCUT2D eigenvalue weighted by atomic mass is 10.3. The van der Waals surface area contributed by atoms with E-state index in [1.54, 1.807) is 4.90 Å². The van der Waals surface area contributed by atoms with Crippen LogP contribution in [0.1, 0.15) is 0 Å². The summed E-state index contributed by atoms with van der Waals surface area (Å²) in [5.41, 5.74) is 6.33. The lowest BCUT2D eigenvalue weighted by molar-refractivity contribution is -0.00660. The van der Waals surface area contributed by atoms with Crippen LogP contribution < -0.4 is 11.1 Å². The summed E-state index contributed by atoms with van der Waals surface area (Å²) in [5.74, 6) is 0. The molecule has 1 heterocycles. The zero-order valence-electron chi connectivity index (χ0n) is 9.63. The molecule has 0 aliphatic carbocycles. The highest BCUT2D eigenvalue weighted by Gasteiger charge is 2.23. The van der Waals surface area contributed by atoms with Crippen molar-refractivity contribution in [1.82, 2.24) is 4.90 Å². The number of para-hydroxylation sites is 1. The van der Waals surface area contributed by atoms with Gasteiger partial charge in [0.1, 0.15) is 0 Å². The predicted octanol–water partition coefficient (Wildman–Crippen LogP) is 0.878. The summed E-state index contributed by atoms with van der Waals surface area (Å²) in [6.07, 6.45) is -0.0507. The van der Waals surface area contributed by atoms with Crippen LogP contribution in [-0.2, 0) is 4.74 Å². The van der Waals surface area contributed by atoms with Crippen molar-refractivity contribution in [2.24, 2.45) is 5.73 Å². The number of anilines is 1. The first-order valence-electron chi connectivity index (χ1n) is 5.72. The summed E-state index contributed by atoms with van der Waals surface area (Å²) in [7, 11) is 0. The summed E-state index contributed by atoms with van der Waals surface area (Å²) < 4.78 is 5.41. The highest BCUT2D eigenvalue weighted by atomic mass is 16.5. The Bertz CT molecular complexity index is 369. The van der Waals surface area contributed by atoms with Crippen LogP contribution in [0.2, 0.25) is 0 Å². The predicted molar refractivity (Wildman–Crippen MR) is 65.8 cm³/mol. The van der Waals surface area contributed by atoms with Gasteiger partial charge in [-0.25, -0.2) is 4.79 Å². The Hall–Kier alpha value is -1.59. The number of urea groups is 1. The van der Waals surface area contributed by atoms with Gasteiger partial charge in [-0.1, -0.05) is 18.2 Å². The second-order valence-corrected chi connectivity index (χ2v) is 3.97. The first kappa shape index (κ1) is 11.9. The smallest absolute Gasteiger partial charge is 0.322 e. The third-order valence-electron chi connectivity index (χ3n) is 2.71. The van der Waals surface area contributed by atoms with Crippen molar-refractivity contribution in [1.29, 1.82) is 0 Å². The van der Waals surface area contributed by atoms with Crippen molar-refractivity contribution < 1.29 is 9.53 Å². The molecule has 5 heteroatoms. The number of nitrogens with one attached hydrogen (secondary N) is 1. The number of amides is 2. The maximum atomic E-state index is 11.9. The van der Waals surface area contributed by atoms with Crippen molar-refractivity contribution in [3.63, 3.8) is 0 Å². The first-order valence-corrected chi connectivity index (χ1v) is 5.72. The van der Waals surface area contributed by atoms with Gasteiger partial charge in [-0.3, -0.25) is 0 Å². The minimum Gasteiger partial charge on any atom is -0.373 e. The van der Waals surface area contributed by atoms with E-state index in [9.17, 15) is 4.79 Å². The van der Waals surface area contributed by atoms with Gasteiger partial charge in [0.05, 0.1) is 12.7 Å². The Kier molecular flexibility index (Phi) is 3.95. The third kappa shape index (κ3) is 3.18. The highest BCUT2D eigenvalue weighted by Crippen LogP contribution is 2.09. The van der Waals surface area contributed by atoms with Crippen LogP contribution in [0.5, 0.6) is 0 Å². The van der Waals surface area contributed by atoms with Gasteiger partial charge in [0.15, 0.2) is 0 Å². The van der Waals surface area contributed by atoms with Gasteiger partial charge in [-0.05, 0) is 12.1 Å². The zero-order chi connectivity index (χ0) is 12.1. The average molecular weight is 235 g/mol. The van der Waals surface area contributed by atoms with E-state index in [0.717, 1.165) is 5.69 Å². The fraction of sp³-hybridized carbons (Fsp3) is 0.417. The molecule has 1 aliphatic rings. The molecular weight excluding hydrogens is 218 g/mol. The largest absolute Gasteiger partial charge is 0.373 e. The molecule has 1 fully saturated rings. The Morgan fingerprint density at radius 3 is 2.94 bits per heavy atom. The molecule has 1 unspecified atom stereocenters. The monoisotopic (exact) mass is 235 g/mol. The number of carbonyl (C=O) groups excluding carboxylic acids is 1. The summed E-state index contributed by atoms with van der Waals surface area (Å²) in [6, 6.07) is 9.31. The van der Waals surface area contributed by atoms with E-state index in [-0.39, 0.29) is 12.1 Å². The lowest BCUT2D eigenvalue weighted by Crippen LogP contribution is -2.49. The van der Waals surface area contributed by atoms with Crippen LogP contribution in [0.3, 0.4) is 0 Å². The molecule has 0 aromatic heterocycles. The number of ether oxygens (including phenoxy) is 1. The van der Waals surface area contributed by atoms with E-state index in [4.69, 9.17) is 10.5 Å². The maximum absolute atomic E-state index is 11.9. The SMILES string of the molecule is NCC1CN(C(=O)Nc2ccccc2)CCO1. The first-order chi connectivity index (χ1) is 8.29. The Morgan fingerprint density at radius 2 is 2.24 bits per heavy atom. The third-order valence-corrected chi connectivity index (χ3v) is 2.71. The van der Waals surface area contributed by atoms with Crippen molar-refractivity contribution in [2.75, 3.05) is 31.6 Å². The van der Waals surface area contributed by atoms with E-state index in [0.29, 0.717) is 26.2 Å². The molecule has 3 N–H and O–H groups in total. The minimum atomic E-state index is -0.0991. The number of hydrogen-bond donors (Lipinski definition) is 2. The summed E-state index contributed by atoms with van der Waals surface area (Å²) in [6.45, 7) is 2.14. The van der Waals surface area contributed by atoms with Crippen LogP contribution in [0.4, 0.5) is 10.5 Å². The summed E-state index contributed by atoms with van der Waals surface area (Å²) in [4.78, 5) is 13.7. The van der Waals surface area contributed by atoms with Crippen LogP contribution in [0.15, 0.2) is 30.3 Å². The maximum Gasteiger partial charge on any atom is 0.322 e. The van der Waals surface area contributed by atoms with E-state index in [1.165, 1.54) is 0 Å². The number of benzene rings is 1. The Labute approximate surface area is 101 Å². The highest BCUT2D eigenvalue weighted by molar-refractivity contribution is 5.89. The summed E-state index contributed by atoms with van der Waals surface area (Å²) >= 11 is 0. The van der Waals surface area contributed by atoms with Gasteiger partial charge in [-0.15, -0.1) is 0 Å². The molecule has 0 radical (unpaired) electrons. The lowest BCUT2D eigenvalue weighted by Gasteiger charge is -2.32. The van der Waals surface area contributed by atoms with Crippen LogP contribution in [-0.4, -0.2) is 43.3 Å². The van der Waals surface area contributed by atoms with Gasteiger partial charge in [-0.2, -0.15) is 0 Å². The van der Waals surface area contributed by atoms with Gasteiger partial charge >= 0.3 is 6.03 Å². The molecule has 1 aromatic rings. The van der Waals surface area contributed by atoms with E-state index in [2.05, 4.69) is 5.32 Å². The fourth-order valence-electron chi connectivity index (χ4n) is 1.77. The second-order valence-electron chi connectivity index (χ2n) is 3.97. The van der Waals surface area contributed by atoms with E-state index >= 15 is 0 Å². The molecule has 2 amide bonds. The molecule has 92 valence electrons. The van der Waals surface area contributed by atoms with Gasteiger partial charge < -0.3 is 20.7 Å². The van der Waals surface area contributed by atoms with Crippen molar-refractivity contribution in [3.05, 3.63) is 30.3 Å². The topological polar surface area (TPSA) is 67.6 Å². The van der Waals surface area contributed by atoms with E-state index in [1.807, 2.05) is 30.3 Å². The number of nitrogens with two attached hydrogens (primary N) is 1. The number of rotatable bonds is 2. The fourth-order valence-corrected chi connectivity index (χ4v) is 1.77. The molecule has 1 aromatic carbocycles. The number of morpholine rings is 1. The minimum absolute atomic E-state index is 0.0507. The number of carbonyl (C=O) groups is 1. The molecule has 0 bridgehead atoms. The Balaban J connectivity index is 1.91.